The molecule has 3 atom stereocenters. The summed E-state index contributed by atoms with van der Waals surface area (Å²) in [6.45, 7) is 7.03. The van der Waals surface area contributed by atoms with E-state index in [1.165, 1.54) is 0 Å². The lowest BCUT2D eigenvalue weighted by Gasteiger charge is -2.36. The molecule has 1 heterocycles. The molecule has 0 bridgehead atoms. The molecule has 6 heteroatoms. The van der Waals surface area contributed by atoms with Crippen LogP contribution in [0.25, 0.3) is 0 Å². The first-order valence-corrected chi connectivity index (χ1v) is 8.36. The summed E-state index contributed by atoms with van der Waals surface area (Å²) < 4.78 is 21.9. The number of β-amino-alcohol motifs (C(OH)–C–C–N with tert-alkyl or cyclic N) is 1. The summed E-state index contributed by atoms with van der Waals surface area (Å²) in [5.74, 6) is 1.51. The van der Waals surface area contributed by atoms with Gasteiger partial charge in [0, 0.05) is 25.2 Å². The van der Waals surface area contributed by atoms with Crippen molar-refractivity contribution in [1.29, 1.82) is 0 Å². The Hall–Kier alpha value is -1.34. The number of methoxy groups -OCH3 is 2. The average Bonchev–Trinajstić information content (AvgIpc) is 2.53. The number of ether oxygens (including phenoxy) is 4. The molecule has 0 amide bonds. The van der Waals surface area contributed by atoms with E-state index in [-0.39, 0.29) is 18.8 Å². The minimum atomic E-state index is -0.529. The van der Waals surface area contributed by atoms with Crippen molar-refractivity contribution in [2.45, 2.75) is 38.8 Å². The Morgan fingerprint density at radius 2 is 1.92 bits per heavy atom. The van der Waals surface area contributed by atoms with Crippen LogP contribution in [0.15, 0.2) is 18.2 Å². The van der Waals surface area contributed by atoms with E-state index in [2.05, 4.69) is 18.7 Å². The summed E-state index contributed by atoms with van der Waals surface area (Å²) in [4.78, 5) is 2.22. The molecular weight excluding hydrogens is 310 g/mol. The molecule has 1 aromatic rings. The number of rotatable bonds is 8. The van der Waals surface area contributed by atoms with Crippen LogP contribution in [0.2, 0.25) is 0 Å². The van der Waals surface area contributed by atoms with Crippen molar-refractivity contribution in [2.24, 2.45) is 0 Å². The van der Waals surface area contributed by atoms with Gasteiger partial charge in [-0.1, -0.05) is 0 Å². The third kappa shape index (κ3) is 5.63. The Balaban J connectivity index is 1.79. The Morgan fingerprint density at radius 1 is 1.21 bits per heavy atom. The number of hydrogen-bond acceptors (Lipinski definition) is 6. The molecule has 0 aliphatic carbocycles. The molecule has 136 valence electrons. The Bertz CT molecular complexity index is 500. The van der Waals surface area contributed by atoms with Crippen molar-refractivity contribution in [1.82, 2.24) is 4.90 Å². The van der Waals surface area contributed by atoms with Gasteiger partial charge >= 0.3 is 0 Å². The first kappa shape index (κ1) is 19.0. The van der Waals surface area contributed by atoms with Crippen LogP contribution in [0.1, 0.15) is 19.4 Å². The Kier molecular flexibility index (Phi) is 7.30. The average molecular weight is 339 g/mol. The quantitative estimate of drug-likeness (QED) is 0.778. The molecule has 1 N–H and O–H groups in total. The van der Waals surface area contributed by atoms with Crippen LogP contribution in [-0.4, -0.2) is 68.8 Å². The van der Waals surface area contributed by atoms with Crippen LogP contribution in [-0.2, 0) is 16.1 Å². The fraction of sp³-hybridized carbons (Fsp3) is 0.667. The lowest BCUT2D eigenvalue weighted by molar-refractivity contribution is -0.0826. The van der Waals surface area contributed by atoms with Crippen LogP contribution >= 0.6 is 0 Å². The van der Waals surface area contributed by atoms with Gasteiger partial charge in [0.2, 0.25) is 0 Å². The molecule has 1 aromatic carbocycles. The predicted molar refractivity (Wildman–Crippen MR) is 91.7 cm³/mol. The summed E-state index contributed by atoms with van der Waals surface area (Å²) in [6, 6.07) is 5.58. The molecule has 24 heavy (non-hydrogen) atoms. The van der Waals surface area contributed by atoms with Crippen molar-refractivity contribution < 1.29 is 24.1 Å². The standard InChI is InChI=1S/C18H29NO5/c1-13-8-19(9-14(2)24-13)10-16(20)12-23-11-15-7-17(21-3)5-6-18(15)22-4/h5-7,13-14,16,20H,8-12H2,1-4H3. The van der Waals surface area contributed by atoms with E-state index < -0.39 is 6.10 Å². The largest absolute Gasteiger partial charge is 0.497 e. The third-order valence-electron chi connectivity index (χ3n) is 4.02. The molecule has 3 unspecified atom stereocenters. The summed E-state index contributed by atoms with van der Waals surface area (Å²) >= 11 is 0. The van der Waals surface area contributed by atoms with Gasteiger partial charge in [0.1, 0.15) is 11.5 Å². The summed E-state index contributed by atoms with van der Waals surface area (Å²) in [6.07, 6.45) is -0.134. The Morgan fingerprint density at radius 3 is 2.54 bits per heavy atom. The molecule has 1 fully saturated rings. The second-order valence-corrected chi connectivity index (χ2v) is 6.32. The number of aliphatic hydroxyl groups is 1. The van der Waals surface area contributed by atoms with E-state index in [1.807, 2.05) is 18.2 Å². The minimum absolute atomic E-state index is 0.197. The highest BCUT2D eigenvalue weighted by molar-refractivity contribution is 5.39. The van der Waals surface area contributed by atoms with Gasteiger partial charge in [-0.25, -0.2) is 0 Å². The Labute approximate surface area is 144 Å². The van der Waals surface area contributed by atoms with Crippen molar-refractivity contribution in [2.75, 3.05) is 40.5 Å². The number of morpholine rings is 1. The predicted octanol–water partition coefficient (Wildman–Crippen LogP) is 1.69. The first-order valence-electron chi connectivity index (χ1n) is 8.36. The maximum atomic E-state index is 10.2. The maximum absolute atomic E-state index is 10.2. The fourth-order valence-electron chi connectivity index (χ4n) is 3.08. The van der Waals surface area contributed by atoms with Crippen LogP contribution in [0.3, 0.4) is 0 Å². The second-order valence-electron chi connectivity index (χ2n) is 6.32. The summed E-state index contributed by atoms with van der Waals surface area (Å²) in [5, 5.41) is 10.2. The van der Waals surface area contributed by atoms with E-state index in [0.717, 1.165) is 30.2 Å². The summed E-state index contributed by atoms with van der Waals surface area (Å²) in [5.41, 5.74) is 0.901. The number of hydrogen-bond donors (Lipinski definition) is 1. The molecule has 0 aromatic heterocycles. The van der Waals surface area contributed by atoms with Gasteiger partial charge in [-0.05, 0) is 32.0 Å². The van der Waals surface area contributed by atoms with Gasteiger partial charge < -0.3 is 24.1 Å². The zero-order chi connectivity index (χ0) is 17.5. The van der Waals surface area contributed by atoms with Crippen LogP contribution in [0, 0.1) is 0 Å². The molecule has 1 saturated heterocycles. The molecule has 0 radical (unpaired) electrons. The first-order chi connectivity index (χ1) is 11.5. The highest BCUT2D eigenvalue weighted by Gasteiger charge is 2.23. The van der Waals surface area contributed by atoms with Crippen LogP contribution in [0.5, 0.6) is 11.5 Å². The number of nitrogens with zero attached hydrogens (tertiary/aromatic N) is 1. The molecule has 0 saturated carbocycles. The normalized spacial score (nSPS) is 23.0. The fourth-order valence-corrected chi connectivity index (χ4v) is 3.08. The van der Waals surface area contributed by atoms with Crippen LogP contribution in [0.4, 0.5) is 0 Å². The van der Waals surface area contributed by atoms with Crippen molar-refractivity contribution >= 4 is 0 Å². The van der Waals surface area contributed by atoms with E-state index in [0.29, 0.717) is 13.2 Å². The molecule has 6 nitrogen and oxygen atoms in total. The van der Waals surface area contributed by atoms with Gasteiger partial charge in [0.05, 0.1) is 45.7 Å². The summed E-state index contributed by atoms with van der Waals surface area (Å²) in [7, 11) is 3.25. The highest BCUT2D eigenvalue weighted by atomic mass is 16.5. The zero-order valence-corrected chi connectivity index (χ0v) is 15.0. The topological polar surface area (TPSA) is 60.4 Å². The number of benzene rings is 1. The zero-order valence-electron chi connectivity index (χ0n) is 15.0. The van der Waals surface area contributed by atoms with E-state index in [9.17, 15) is 5.11 Å². The number of aliphatic hydroxyl groups excluding tert-OH is 1. The van der Waals surface area contributed by atoms with E-state index >= 15 is 0 Å². The van der Waals surface area contributed by atoms with Gasteiger partial charge in [-0.2, -0.15) is 0 Å². The van der Waals surface area contributed by atoms with Crippen LogP contribution < -0.4 is 9.47 Å². The molecule has 2 rings (SSSR count). The smallest absolute Gasteiger partial charge is 0.124 e. The monoisotopic (exact) mass is 339 g/mol. The SMILES string of the molecule is COc1ccc(OC)c(COCC(O)CN2CC(C)OC(C)C2)c1. The second kappa shape index (κ2) is 9.22. The van der Waals surface area contributed by atoms with Gasteiger partial charge in [-0.3, -0.25) is 4.90 Å². The van der Waals surface area contributed by atoms with E-state index in [4.69, 9.17) is 18.9 Å². The molecule has 1 aliphatic rings. The molecular formula is C18H29NO5. The van der Waals surface area contributed by atoms with Crippen molar-refractivity contribution in [3.63, 3.8) is 0 Å². The minimum Gasteiger partial charge on any atom is -0.497 e. The molecule has 0 spiro atoms. The highest BCUT2D eigenvalue weighted by Crippen LogP contribution is 2.24. The lowest BCUT2D eigenvalue weighted by Crippen LogP contribution is -2.48. The third-order valence-corrected chi connectivity index (χ3v) is 4.02. The van der Waals surface area contributed by atoms with Crippen molar-refractivity contribution in [3.8, 4) is 11.5 Å². The van der Waals surface area contributed by atoms with Crippen molar-refractivity contribution in [3.05, 3.63) is 23.8 Å². The van der Waals surface area contributed by atoms with Gasteiger partial charge in [-0.15, -0.1) is 0 Å². The lowest BCUT2D eigenvalue weighted by atomic mass is 10.2. The van der Waals surface area contributed by atoms with Gasteiger partial charge in [0.15, 0.2) is 0 Å². The molecule has 1 aliphatic heterocycles. The van der Waals surface area contributed by atoms with Gasteiger partial charge in [0.25, 0.3) is 0 Å². The van der Waals surface area contributed by atoms with E-state index in [1.54, 1.807) is 14.2 Å². The maximum Gasteiger partial charge on any atom is 0.124 e.